The first-order valence-electron chi connectivity index (χ1n) is 20.5. The molecule has 0 unspecified atom stereocenters. The van der Waals surface area contributed by atoms with Gasteiger partial charge in [0.25, 0.3) is 0 Å². The first-order valence-corrected chi connectivity index (χ1v) is 18.0. The van der Waals surface area contributed by atoms with Crippen LogP contribution < -0.4 is 4.90 Å². The molecule has 1 aromatic heterocycles. The fourth-order valence-electron chi connectivity index (χ4n) is 7.56. The molecule has 2 heteroatoms. The highest BCUT2D eigenvalue weighted by molar-refractivity contribution is 6.15. The fourth-order valence-corrected chi connectivity index (χ4v) is 7.56. The third-order valence-corrected chi connectivity index (χ3v) is 10.2. The summed E-state index contributed by atoms with van der Waals surface area (Å²) in [5, 5.41) is 4.33. The van der Waals surface area contributed by atoms with Gasteiger partial charge in [0, 0.05) is 27.7 Å². The molecule has 0 amide bonds. The molecule has 0 fully saturated rings. The Bertz CT molecular complexity index is 3160. The van der Waals surface area contributed by atoms with Gasteiger partial charge in [0.05, 0.1) is 12.5 Å². The van der Waals surface area contributed by atoms with Gasteiger partial charge in [-0.1, -0.05) is 176 Å². The van der Waals surface area contributed by atoms with Gasteiger partial charge >= 0.3 is 0 Å². The molecule has 0 bridgehead atoms. The molecule has 0 spiro atoms. The van der Waals surface area contributed by atoms with Gasteiger partial charge in [-0.05, 0) is 86.1 Å². The van der Waals surface area contributed by atoms with Crippen molar-refractivity contribution in [1.29, 1.82) is 0 Å². The molecule has 2 nitrogen and oxygen atoms in total. The van der Waals surface area contributed by atoms with E-state index in [1.54, 1.807) is 0 Å². The number of para-hydroxylation sites is 1. The van der Waals surface area contributed by atoms with Crippen molar-refractivity contribution in [3.8, 4) is 44.5 Å². The molecule has 254 valence electrons. The van der Waals surface area contributed by atoms with E-state index in [0.29, 0.717) is 5.56 Å². The van der Waals surface area contributed by atoms with Crippen LogP contribution in [-0.4, -0.2) is 0 Å². The van der Waals surface area contributed by atoms with Crippen molar-refractivity contribution in [2.24, 2.45) is 0 Å². The van der Waals surface area contributed by atoms with Crippen LogP contribution in [0.4, 0.5) is 17.1 Å². The van der Waals surface area contributed by atoms with Gasteiger partial charge in [-0.25, -0.2) is 0 Å². The zero-order valence-corrected chi connectivity index (χ0v) is 29.2. The minimum absolute atomic E-state index is 0.160. The molecule has 9 aromatic carbocycles. The largest absolute Gasteiger partial charge is 0.453 e. The summed E-state index contributed by atoms with van der Waals surface area (Å²) in [7, 11) is 0. The van der Waals surface area contributed by atoms with E-state index in [1.165, 1.54) is 10.8 Å². The van der Waals surface area contributed by atoms with E-state index in [0.717, 1.165) is 72.4 Å². The van der Waals surface area contributed by atoms with Crippen LogP contribution in [0.25, 0.3) is 77.2 Å². The fraction of sp³-hybridized carbons (Fsp3) is 0. The van der Waals surface area contributed by atoms with Crippen molar-refractivity contribution in [1.82, 2.24) is 0 Å². The smallest absolute Gasteiger partial charge is 0.159 e. The Morgan fingerprint density at radius 2 is 0.926 bits per heavy atom. The second kappa shape index (κ2) is 13.4. The van der Waals surface area contributed by atoms with Crippen molar-refractivity contribution < 1.29 is 11.3 Å². The van der Waals surface area contributed by atoms with E-state index in [4.69, 9.17) is 11.3 Å². The van der Waals surface area contributed by atoms with Crippen LogP contribution in [0.2, 0.25) is 0 Å². The summed E-state index contributed by atoms with van der Waals surface area (Å²) in [6, 6.07) is 60.5. The topological polar surface area (TPSA) is 16.4 Å². The normalized spacial score (nSPS) is 12.6. The van der Waals surface area contributed by atoms with E-state index in [2.05, 4.69) is 126 Å². The maximum Gasteiger partial charge on any atom is 0.159 e. The second-order valence-electron chi connectivity index (χ2n) is 13.3. The van der Waals surface area contributed by atoms with Crippen LogP contribution in [0.15, 0.2) is 217 Å². The lowest BCUT2D eigenvalue weighted by atomic mass is 9.97. The molecule has 0 atom stereocenters. The number of nitrogens with zero attached hydrogens (tertiary/aromatic N) is 1. The average Bonchev–Trinajstić information content (AvgIpc) is 3.68. The van der Waals surface area contributed by atoms with Crippen molar-refractivity contribution >= 4 is 49.8 Å². The molecule has 0 radical (unpaired) electrons. The highest BCUT2D eigenvalue weighted by Gasteiger charge is 2.23. The number of rotatable bonds is 7. The molecule has 0 aliphatic rings. The monoisotopic (exact) mass is 694 g/mol. The number of benzene rings is 9. The van der Waals surface area contributed by atoms with Crippen molar-refractivity contribution in [3.05, 3.63) is 212 Å². The summed E-state index contributed by atoms with van der Waals surface area (Å²) in [6.45, 7) is 0. The number of fused-ring (bicyclic) bond motifs is 4. The quantitative estimate of drug-likeness (QED) is 0.165. The highest BCUT2D eigenvalue weighted by atomic mass is 16.3. The Morgan fingerprint density at radius 3 is 1.67 bits per heavy atom. The summed E-state index contributed by atoms with van der Waals surface area (Å²) in [5.41, 5.74) is 11.1. The molecule has 10 aromatic rings. The van der Waals surface area contributed by atoms with E-state index in [-0.39, 0.29) is 29.7 Å². The number of hydrogen-bond acceptors (Lipinski definition) is 2. The Morgan fingerprint density at radius 1 is 0.370 bits per heavy atom. The predicted molar refractivity (Wildman–Crippen MR) is 228 cm³/mol. The number of furan rings is 1. The minimum atomic E-state index is -0.415. The average molecular weight is 695 g/mol. The summed E-state index contributed by atoms with van der Waals surface area (Å²) < 4.78 is 49.1. The number of hydrogen-bond donors (Lipinski definition) is 0. The second-order valence-corrected chi connectivity index (χ2v) is 13.3. The molecule has 54 heavy (non-hydrogen) atoms. The SMILES string of the molecule is [2H]c1c([2H])c([2H])c(-c2ccc(N(c3ccc(-c4cccc5ccccc45)cc3)c3cc(-c4ccccc4)cc4c3oc3c(-c5ccccc5)cccc34)cc2)c([2H])c1[2H]. The highest BCUT2D eigenvalue weighted by Crippen LogP contribution is 2.47. The van der Waals surface area contributed by atoms with Crippen LogP contribution in [-0.2, 0) is 0 Å². The van der Waals surface area contributed by atoms with Crippen LogP contribution in [0.5, 0.6) is 0 Å². The first-order chi connectivity index (χ1) is 28.9. The third-order valence-electron chi connectivity index (χ3n) is 10.2. The molecular formula is C52H35NO. The molecule has 0 aliphatic heterocycles. The molecule has 10 rings (SSSR count). The number of anilines is 3. The summed E-state index contributed by atoms with van der Waals surface area (Å²) >= 11 is 0. The van der Waals surface area contributed by atoms with Gasteiger partial charge in [0.2, 0.25) is 0 Å². The molecule has 1 heterocycles. The van der Waals surface area contributed by atoms with E-state index in [9.17, 15) is 0 Å². The van der Waals surface area contributed by atoms with E-state index < -0.39 is 6.04 Å². The van der Waals surface area contributed by atoms with Crippen molar-refractivity contribution in [2.75, 3.05) is 4.90 Å². The van der Waals surface area contributed by atoms with E-state index >= 15 is 0 Å². The lowest BCUT2D eigenvalue weighted by molar-refractivity contribution is 0.670. The Balaban J connectivity index is 1.22. The molecule has 0 aliphatic carbocycles. The summed E-state index contributed by atoms with van der Waals surface area (Å²) in [6.07, 6.45) is 0. The standard InChI is InChI=1S/C52H35NO/c1-4-14-36(15-5-1)38-26-30-43(31-27-38)53(44-32-28-41(29-33-44)46-23-12-21-39-20-10-11-22-45(39)46)50-35-42(37-16-6-2-7-17-37)34-49-48-25-13-24-47(51(48)54-52(49)50)40-18-8-3-9-19-40/h1-35H/i1D,4D,5D,14D,15D. The van der Waals surface area contributed by atoms with Gasteiger partial charge in [-0.3, -0.25) is 0 Å². The lowest BCUT2D eigenvalue weighted by Gasteiger charge is -2.27. The van der Waals surface area contributed by atoms with Crippen LogP contribution in [0.1, 0.15) is 6.85 Å². The molecule has 0 N–H and O–H groups in total. The predicted octanol–water partition coefficient (Wildman–Crippen LogP) is 14.9. The zero-order chi connectivity index (χ0) is 40.2. The van der Waals surface area contributed by atoms with Gasteiger partial charge in [0.15, 0.2) is 5.58 Å². The summed E-state index contributed by atoms with van der Waals surface area (Å²) in [5.74, 6) is 0. The van der Waals surface area contributed by atoms with Crippen LogP contribution >= 0.6 is 0 Å². The Hall–Kier alpha value is -7.16. The van der Waals surface area contributed by atoms with E-state index in [1.807, 2.05) is 60.7 Å². The van der Waals surface area contributed by atoms with Gasteiger partial charge in [-0.15, -0.1) is 0 Å². The Labute approximate surface area is 321 Å². The van der Waals surface area contributed by atoms with Crippen molar-refractivity contribution in [2.45, 2.75) is 0 Å². The third kappa shape index (κ3) is 5.62. The zero-order valence-electron chi connectivity index (χ0n) is 34.2. The van der Waals surface area contributed by atoms with Gasteiger partial charge in [-0.2, -0.15) is 0 Å². The molecule has 0 saturated carbocycles. The maximum atomic E-state index is 8.65. The van der Waals surface area contributed by atoms with Crippen LogP contribution in [0, 0.1) is 0 Å². The Kier molecular flexibility index (Phi) is 6.61. The van der Waals surface area contributed by atoms with Crippen LogP contribution in [0.3, 0.4) is 0 Å². The van der Waals surface area contributed by atoms with Crippen molar-refractivity contribution in [3.63, 3.8) is 0 Å². The van der Waals surface area contributed by atoms with Gasteiger partial charge in [0.1, 0.15) is 5.58 Å². The maximum absolute atomic E-state index is 8.65. The lowest BCUT2D eigenvalue weighted by Crippen LogP contribution is -2.10. The first kappa shape index (κ1) is 26.6. The summed E-state index contributed by atoms with van der Waals surface area (Å²) in [4.78, 5) is 2.18. The molecule has 0 saturated heterocycles. The minimum Gasteiger partial charge on any atom is -0.453 e. The molecular weight excluding hydrogens is 655 g/mol. The van der Waals surface area contributed by atoms with Gasteiger partial charge < -0.3 is 9.32 Å².